The van der Waals surface area contributed by atoms with E-state index in [2.05, 4.69) is 15.2 Å². The molecule has 1 aromatic heterocycles. The van der Waals surface area contributed by atoms with Crippen molar-refractivity contribution in [2.75, 3.05) is 0 Å². The van der Waals surface area contributed by atoms with Gasteiger partial charge in [0, 0.05) is 23.0 Å². The standard InChI is InChI=1S/C13H11N3O/c1-8-11(13(17)16-15-8)6-9-7-14-12-5-3-2-4-10(9)12/h2-7H,1H3,(H2,15,16,17). The molecule has 2 heterocycles. The van der Waals surface area contributed by atoms with Crippen molar-refractivity contribution >= 4 is 23.6 Å². The molecule has 0 aliphatic carbocycles. The van der Waals surface area contributed by atoms with E-state index in [1.165, 1.54) is 0 Å². The number of hydrogen-bond donors (Lipinski definition) is 2. The topological polar surface area (TPSA) is 61.0 Å². The number of aryl methyl sites for hydroxylation is 1. The van der Waals surface area contributed by atoms with E-state index in [-0.39, 0.29) is 5.56 Å². The maximum atomic E-state index is 11.6. The Kier molecular flexibility index (Phi) is 2.08. The van der Waals surface area contributed by atoms with Crippen LogP contribution in [0.5, 0.6) is 0 Å². The molecule has 17 heavy (non-hydrogen) atoms. The Morgan fingerprint density at radius 3 is 2.82 bits per heavy atom. The van der Waals surface area contributed by atoms with Crippen LogP contribution >= 0.6 is 0 Å². The fourth-order valence-corrected chi connectivity index (χ4v) is 1.94. The molecule has 3 rings (SSSR count). The van der Waals surface area contributed by atoms with Crippen molar-refractivity contribution in [3.63, 3.8) is 0 Å². The number of nitrogens with zero attached hydrogens (tertiary/aromatic N) is 1. The van der Waals surface area contributed by atoms with E-state index >= 15 is 0 Å². The molecule has 4 nitrogen and oxygen atoms in total. The Hall–Kier alpha value is -2.36. The molecule has 4 heteroatoms. The zero-order chi connectivity index (χ0) is 11.8. The summed E-state index contributed by atoms with van der Waals surface area (Å²) in [5.74, 6) is 0. The second-order valence-electron chi connectivity index (χ2n) is 3.99. The number of rotatable bonds is 1. The highest BCUT2D eigenvalue weighted by Crippen LogP contribution is 2.31. The molecule has 84 valence electrons. The average molecular weight is 225 g/mol. The van der Waals surface area contributed by atoms with Crippen LogP contribution in [0.3, 0.4) is 0 Å². The number of H-pyrrole nitrogens is 2. The number of hydrogen-bond acceptors (Lipinski definition) is 2. The molecule has 0 unspecified atom stereocenters. The van der Waals surface area contributed by atoms with Crippen molar-refractivity contribution in [1.29, 1.82) is 0 Å². The van der Waals surface area contributed by atoms with Gasteiger partial charge in [-0.25, -0.2) is 0 Å². The highest BCUT2D eigenvalue weighted by molar-refractivity contribution is 6.21. The summed E-state index contributed by atoms with van der Waals surface area (Å²) in [6.45, 7) is 1.86. The van der Waals surface area contributed by atoms with Crippen LogP contribution in [0.1, 0.15) is 16.8 Å². The van der Waals surface area contributed by atoms with Crippen molar-refractivity contribution in [2.45, 2.75) is 6.92 Å². The summed E-state index contributed by atoms with van der Waals surface area (Å²) in [5, 5.41) is 5.37. The lowest BCUT2D eigenvalue weighted by molar-refractivity contribution is 1.02. The van der Waals surface area contributed by atoms with Crippen molar-refractivity contribution in [3.05, 3.63) is 51.4 Å². The van der Waals surface area contributed by atoms with Gasteiger partial charge in [-0.15, -0.1) is 0 Å². The molecule has 0 atom stereocenters. The van der Waals surface area contributed by atoms with Gasteiger partial charge in [-0.1, -0.05) is 18.2 Å². The number of allylic oxidation sites excluding steroid dienone is 1. The molecule has 0 spiro atoms. The Labute approximate surface area is 97.7 Å². The van der Waals surface area contributed by atoms with Crippen molar-refractivity contribution in [3.8, 4) is 0 Å². The molecule has 0 radical (unpaired) electrons. The summed E-state index contributed by atoms with van der Waals surface area (Å²) >= 11 is 0. The summed E-state index contributed by atoms with van der Waals surface area (Å²) in [5.41, 5.74) is 4.36. The first-order chi connectivity index (χ1) is 8.25. The van der Waals surface area contributed by atoms with E-state index in [9.17, 15) is 4.79 Å². The van der Waals surface area contributed by atoms with Gasteiger partial charge in [0.2, 0.25) is 0 Å². The smallest absolute Gasteiger partial charge is 0.271 e. The van der Waals surface area contributed by atoms with E-state index in [0.29, 0.717) is 5.56 Å². The van der Waals surface area contributed by atoms with E-state index < -0.39 is 0 Å². The van der Waals surface area contributed by atoms with Gasteiger partial charge in [-0.3, -0.25) is 14.9 Å². The largest absolute Gasteiger partial charge is 0.302 e. The maximum Gasteiger partial charge on any atom is 0.271 e. The van der Waals surface area contributed by atoms with Crippen LogP contribution in [0.2, 0.25) is 0 Å². The molecule has 1 aliphatic heterocycles. The summed E-state index contributed by atoms with van der Waals surface area (Å²) in [4.78, 5) is 15.9. The maximum absolute atomic E-state index is 11.6. The van der Waals surface area contributed by atoms with Gasteiger partial charge in [-0.05, 0) is 19.1 Å². The molecule has 0 saturated heterocycles. The van der Waals surface area contributed by atoms with Crippen LogP contribution in [0.25, 0.3) is 11.6 Å². The van der Waals surface area contributed by atoms with Gasteiger partial charge in [-0.2, -0.15) is 0 Å². The van der Waals surface area contributed by atoms with Gasteiger partial charge < -0.3 is 5.10 Å². The van der Waals surface area contributed by atoms with E-state index in [4.69, 9.17) is 0 Å². The lowest BCUT2D eigenvalue weighted by atomic mass is 10.0. The molecule has 2 aromatic rings. The molecule has 0 amide bonds. The van der Waals surface area contributed by atoms with Gasteiger partial charge >= 0.3 is 0 Å². The number of para-hydroxylation sites is 1. The Balaban J connectivity index is 2.15. The van der Waals surface area contributed by atoms with Gasteiger partial charge in [0.15, 0.2) is 0 Å². The molecule has 0 bridgehead atoms. The number of aliphatic imine (C=N–C) groups is 1. The summed E-state index contributed by atoms with van der Waals surface area (Å²) in [6.07, 6.45) is 3.65. The van der Waals surface area contributed by atoms with Crippen LogP contribution < -0.4 is 5.56 Å². The van der Waals surface area contributed by atoms with Crippen molar-refractivity contribution in [1.82, 2.24) is 10.2 Å². The Morgan fingerprint density at radius 2 is 2.06 bits per heavy atom. The second-order valence-corrected chi connectivity index (χ2v) is 3.99. The normalized spacial score (nSPS) is 15.5. The second kappa shape index (κ2) is 3.59. The summed E-state index contributed by atoms with van der Waals surface area (Å²) < 4.78 is 0. The summed E-state index contributed by atoms with van der Waals surface area (Å²) in [6, 6.07) is 7.88. The molecule has 1 aliphatic rings. The SMILES string of the molecule is Cc1[nH][nH]c(=O)c1C=C1C=Nc2ccccc21. The molecule has 0 fully saturated rings. The average Bonchev–Trinajstić information content (AvgIpc) is 2.88. The van der Waals surface area contributed by atoms with E-state index in [1.807, 2.05) is 37.3 Å². The minimum atomic E-state index is -0.104. The fraction of sp³-hybridized carbons (Fsp3) is 0.0769. The van der Waals surface area contributed by atoms with Crippen LogP contribution in [0.4, 0.5) is 5.69 Å². The third-order valence-corrected chi connectivity index (χ3v) is 2.87. The zero-order valence-electron chi connectivity index (χ0n) is 9.32. The van der Waals surface area contributed by atoms with E-state index in [0.717, 1.165) is 22.5 Å². The molecular formula is C13H11N3O. The fourth-order valence-electron chi connectivity index (χ4n) is 1.94. The predicted molar refractivity (Wildman–Crippen MR) is 68.6 cm³/mol. The molecular weight excluding hydrogens is 214 g/mol. The lowest BCUT2D eigenvalue weighted by Gasteiger charge is -1.97. The number of fused-ring (bicyclic) bond motifs is 1. The Morgan fingerprint density at radius 1 is 1.24 bits per heavy atom. The first-order valence-electron chi connectivity index (χ1n) is 5.38. The highest BCUT2D eigenvalue weighted by atomic mass is 16.1. The molecule has 2 N–H and O–H groups in total. The van der Waals surface area contributed by atoms with Gasteiger partial charge in [0.25, 0.3) is 5.56 Å². The third kappa shape index (κ3) is 1.54. The highest BCUT2D eigenvalue weighted by Gasteiger charge is 2.12. The van der Waals surface area contributed by atoms with Crippen LogP contribution in [0, 0.1) is 6.92 Å². The zero-order valence-corrected chi connectivity index (χ0v) is 9.32. The van der Waals surface area contributed by atoms with Crippen LogP contribution in [0.15, 0.2) is 34.1 Å². The van der Waals surface area contributed by atoms with E-state index in [1.54, 1.807) is 6.21 Å². The first kappa shape index (κ1) is 9.84. The first-order valence-corrected chi connectivity index (χ1v) is 5.38. The number of nitrogens with one attached hydrogen (secondary N) is 2. The molecule has 1 aromatic carbocycles. The van der Waals surface area contributed by atoms with Crippen molar-refractivity contribution < 1.29 is 0 Å². The number of aromatic nitrogens is 2. The van der Waals surface area contributed by atoms with Crippen molar-refractivity contribution in [2.24, 2.45) is 4.99 Å². The number of benzene rings is 1. The molecule has 0 saturated carbocycles. The Bertz CT molecular complexity index is 689. The lowest BCUT2D eigenvalue weighted by Crippen LogP contribution is -2.02. The summed E-state index contributed by atoms with van der Waals surface area (Å²) in [7, 11) is 0. The number of aromatic amines is 2. The minimum absolute atomic E-state index is 0.104. The third-order valence-electron chi connectivity index (χ3n) is 2.87. The van der Waals surface area contributed by atoms with Crippen LogP contribution in [-0.4, -0.2) is 16.4 Å². The predicted octanol–water partition coefficient (Wildman–Crippen LogP) is 2.27. The minimum Gasteiger partial charge on any atom is -0.302 e. The quantitative estimate of drug-likeness (QED) is 0.768. The van der Waals surface area contributed by atoms with Gasteiger partial charge in [0.05, 0.1) is 11.3 Å². The van der Waals surface area contributed by atoms with Gasteiger partial charge in [0.1, 0.15) is 0 Å². The van der Waals surface area contributed by atoms with Crippen LogP contribution in [-0.2, 0) is 0 Å². The monoisotopic (exact) mass is 225 g/mol.